The van der Waals surface area contributed by atoms with Crippen molar-refractivity contribution in [2.24, 2.45) is 5.92 Å². The molecule has 1 rings (SSSR count). The second-order valence-corrected chi connectivity index (χ2v) is 8.40. The molecule has 1 aromatic heterocycles. The quantitative estimate of drug-likeness (QED) is 0.605. The topological polar surface area (TPSA) is 39.3 Å². The molecule has 0 aliphatic heterocycles. The van der Waals surface area contributed by atoms with E-state index >= 15 is 0 Å². The highest BCUT2D eigenvalue weighted by Crippen LogP contribution is 2.21. The van der Waals surface area contributed by atoms with E-state index in [0.717, 1.165) is 8.64 Å². The van der Waals surface area contributed by atoms with E-state index in [1.165, 1.54) is 23.5 Å². The Morgan fingerprint density at radius 1 is 1.14 bits per heavy atom. The molecule has 0 unspecified atom stereocenters. The number of thioether (sulfide) groups is 2. The van der Waals surface area contributed by atoms with Crippen LogP contribution in [0.25, 0.3) is 0 Å². The Morgan fingerprint density at radius 3 is 2.00 bits per heavy atom. The zero-order valence-corrected chi connectivity index (χ0v) is 16.4. The molecular weight excluding hydrogens is 354 g/mol. The smallest absolute Gasteiger partial charge is 0.183 e. The number of Topliss-reactive ketones (excluding diaryl/α,β-unsaturated/α-hetero) is 1. The van der Waals surface area contributed by atoms with E-state index in [4.69, 9.17) is 24.4 Å². The lowest BCUT2D eigenvalue weighted by molar-refractivity contribution is 0.0940. The normalized spacial score (nSPS) is 10.6. The molecule has 1 heterocycles. The van der Waals surface area contributed by atoms with Gasteiger partial charge in [-0.2, -0.15) is 0 Å². The fourth-order valence-corrected chi connectivity index (χ4v) is 3.80. The minimum Gasteiger partial charge on any atom is -0.364 e. The van der Waals surface area contributed by atoms with E-state index in [2.05, 4.69) is 4.98 Å². The molecule has 0 spiro atoms. The summed E-state index contributed by atoms with van der Waals surface area (Å²) in [4.78, 5) is 19.3. The molecule has 1 aromatic rings. The van der Waals surface area contributed by atoms with Crippen molar-refractivity contribution in [2.45, 2.75) is 0 Å². The van der Waals surface area contributed by atoms with E-state index in [0.29, 0.717) is 17.2 Å². The van der Waals surface area contributed by atoms with Gasteiger partial charge in [0.05, 0.1) is 5.69 Å². The molecule has 4 nitrogen and oxygen atoms in total. The lowest BCUT2D eigenvalue weighted by Crippen LogP contribution is -2.25. The summed E-state index contributed by atoms with van der Waals surface area (Å²) in [5, 5.41) is 0. The SMILES string of the molecule is CN(C)C(=S)SCC(CSC(=S)N(C)C)C(=O)c1ccc[nH]1. The number of thiocarbonyl (C=S) groups is 2. The van der Waals surface area contributed by atoms with Gasteiger partial charge >= 0.3 is 0 Å². The van der Waals surface area contributed by atoms with Crippen molar-refractivity contribution in [1.29, 1.82) is 0 Å². The Bertz CT molecular complexity index is 490. The minimum absolute atomic E-state index is 0.105. The average Bonchev–Trinajstić information content (AvgIpc) is 2.99. The summed E-state index contributed by atoms with van der Waals surface area (Å²) < 4.78 is 1.56. The zero-order valence-electron chi connectivity index (χ0n) is 13.2. The number of nitrogens with one attached hydrogen (secondary N) is 1. The van der Waals surface area contributed by atoms with Gasteiger partial charge in [0.2, 0.25) is 0 Å². The largest absolute Gasteiger partial charge is 0.364 e. The van der Waals surface area contributed by atoms with Crippen molar-refractivity contribution in [2.75, 3.05) is 39.7 Å². The first-order chi connectivity index (χ1) is 10.3. The van der Waals surface area contributed by atoms with Crippen molar-refractivity contribution >= 4 is 62.4 Å². The van der Waals surface area contributed by atoms with Crippen LogP contribution in [-0.2, 0) is 0 Å². The number of aromatic nitrogens is 1. The van der Waals surface area contributed by atoms with E-state index in [1.807, 2.05) is 44.1 Å². The van der Waals surface area contributed by atoms with Crippen molar-refractivity contribution in [3.8, 4) is 0 Å². The highest BCUT2D eigenvalue weighted by atomic mass is 32.2. The molecule has 0 aliphatic rings. The van der Waals surface area contributed by atoms with E-state index in [-0.39, 0.29) is 11.7 Å². The average molecular weight is 376 g/mol. The van der Waals surface area contributed by atoms with Crippen molar-refractivity contribution < 1.29 is 4.79 Å². The molecule has 22 heavy (non-hydrogen) atoms. The van der Waals surface area contributed by atoms with Gasteiger partial charge in [-0.1, -0.05) is 48.0 Å². The standard InChI is InChI=1S/C14H21N3OS4/c1-16(2)13(19)21-8-10(9-22-14(20)17(3)4)12(18)11-6-5-7-15-11/h5-7,10,15H,8-9H2,1-4H3. The predicted octanol–water partition coefficient (Wildman–Crippen LogP) is 2.97. The lowest BCUT2D eigenvalue weighted by Gasteiger charge is -2.19. The number of hydrogen-bond acceptors (Lipinski definition) is 5. The number of hydrogen-bond donors (Lipinski definition) is 1. The molecule has 1 N–H and O–H groups in total. The number of rotatable bonds is 6. The summed E-state index contributed by atoms with van der Waals surface area (Å²) in [6.07, 6.45) is 1.76. The van der Waals surface area contributed by atoms with Gasteiger partial charge in [0.25, 0.3) is 0 Å². The molecule has 0 saturated heterocycles. The van der Waals surface area contributed by atoms with Gasteiger partial charge in [-0.15, -0.1) is 0 Å². The Hall–Kier alpha value is -0.570. The Balaban J connectivity index is 2.70. The Kier molecular flexibility index (Phi) is 8.45. The second kappa shape index (κ2) is 9.54. The first-order valence-corrected chi connectivity index (χ1v) is 9.47. The maximum Gasteiger partial charge on any atom is 0.183 e. The fraction of sp³-hybridized carbons (Fsp3) is 0.500. The van der Waals surface area contributed by atoms with Crippen LogP contribution in [0.2, 0.25) is 0 Å². The Morgan fingerprint density at radius 2 is 1.64 bits per heavy atom. The second-order valence-electron chi connectivity index (χ2n) is 5.09. The summed E-state index contributed by atoms with van der Waals surface area (Å²) in [5.41, 5.74) is 0.637. The maximum atomic E-state index is 12.6. The summed E-state index contributed by atoms with van der Waals surface area (Å²) in [7, 11) is 7.64. The summed E-state index contributed by atoms with van der Waals surface area (Å²) >= 11 is 13.6. The van der Waals surface area contributed by atoms with Crippen LogP contribution in [0.15, 0.2) is 18.3 Å². The molecule has 8 heteroatoms. The number of carbonyl (C=O) groups excluding carboxylic acids is 1. The van der Waals surface area contributed by atoms with Crippen LogP contribution < -0.4 is 0 Å². The molecule has 0 saturated carbocycles. The summed E-state index contributed by atoms with van der Waals surface area (Å²) in [6.45, 7) is 0. The molecule has 122 valence electrons. The van der Waals surface area contributed by atoms with Gasteiger partial charge in [-0.25, -0.2) is 0 Å². The van der Waals surface area contributed by atoms with Gasteiger partial charge in [0.1, 0.15) is 8.64 Å². The van der Waals surface area contributed by atoms with Crippen LogP contribution in [0.3, 0.4) is 0 Å². The molecule has 0 aliphatic carbocycles. The van der Waals surface area contributed by atoms with Crippen LogP contribution in [-0.4, -0.2) is 68.9 Å². The summed E-state index contributed by atoms with van der Waals surface area (Å²) in [5.74, 6) is 1.27. The molecule has 0 bridgehead atoms. The lowest BCUT2D eigenvalue weighted by atomic mass is 10.1. The third kappa shape index (κ3) is 6.28. The van der Waals surface area contributed by atoms with Gasteiger partial charge < -0.3 is 14.8 Å². The number of carbonyl (C=O) groups is 1. The monoisotopic (exact) mass is 375 g/mol. The van der Waals surface area contributed by atoms with E-state index < -0.39 is 0 Å². The first kappa shape index (κ1) is 19.5. The molecular formula is C14H21N3OS4. The van der Waals surface area contributed by atoms with Crippen LogP contribution in [0.5, 0.6) is 0 Å². The fourth-order valence-electron chi connectivity index (χ4n) is 1.50. The molecule has 0 radical (unpaired) electrons. The number of ketones is 1. The molecule has 0 fully saturated rings. The van der Waals surface area contributed by atoms with Gasteiger partial charge in [-0.05, 0) is 12.1 Å². The number of aromatic amines is 1. The first-order valence-electron chi connectivity index (χ1n) is 6.68. The van der Waals surface area contributed by atoms with Crippen molar-refractivity contribution in [1.82, 2.24) is 14.8 Å². The van der Waals surface area contributed by atoms with Gasteiger partial charge in [-0.3, -0.25) is 4.79 Å². The van der Waals surface area contributed by atoms with E-state index in [1.54, 1.807) is 12.3 Å². The maximum absolute atomic E-state index is 12.6. The van der Waals surface area contributed by atoms with Gasteiger partial charge in [0, 0.05) is 51.8 Å². The number of H-pyrrole nitrogens is 1. The van der Waals surface area contributed by atoms with Crippen LogP contribution >= 0.6 is 48.0 Å². The van der Waals surface area contributed by atoms with Crippen LogP contribution in [0.4, 0.5) is 0 Å². The zero-order chi connectivity index (χ0) is 16.7. The van der Waals surface area contributed by atoms with Crippen molar-refractivity contribution in [3.63, 3.8) is 0 Å². The highest BCUT2D eigenvalue weighted by molar-refractivity contribution is 8.23. The minimum atomic E-state index is -0.135. The van der Waals surface area contributed by atoms with E-state index in [9.17, 15) is 4.79 Å². The molecule has 0 atom stereocenters. The van der Waals surface area contributed by atoms with Crippen molar-refractivity contribution in [3.05, 3.63) is 24.0 Å². The number of nitrogens with zero attached hydrogens (tertiary/aromatic N) is 2. The third-order valence-corrected chi connectivity index (χ3v) is 6.58. The molecule has 0 aromatic carbocycles. The molecule has 0 amide bonds. The van der Waals surface area contributed by atoms with Crippen LogP contribution in [0.1, 0.15) is 10.5 Å². The summed E-state index contributed by atoms with van der Waals surface area (Å²) in [6, 6.07) is 3.64. The third-order valence-electron chi connectivity index (χ3n) is 2.78. The van der Waals surface area contributed by atoms with Gasteiger partial charge in [0.15, 0.2) is 5.78 Å². The van der Waals surface area contributed by atoms with Crippen LogP contribution in [0, 0.1) is 5.92 Å². The Labute approximate surface area is 151 Å². The highest BCUT2D eigenvalue weighted by Gasteiger charge is 2.23. The predicted molar refractivity (Wildman–Crippen MR) is 106 cm³/mol.